The van der Waals surface area contributed by atoms with Crippen LogP contribution < -0.4 is 5.32 Å². The summed E-state index contributed by atoms with van der Waals surface area (Å²) >= 11 is 6.73. The Morgan fingerprint density at radius 1 is 1.52 bits per heavy atom. The van der Waals surface area contributed by atoms with Crippen molar-refractivity contribution >= 4 is 40.3 Å². The molecule has 2 N–H and O–H groups in total. The van der Waals surface area contributed by atoms with Crippen LogP contribution in [0, 0.1) is 5.41 Å². The normalized spacial score (nSPS) is 29.2. The van der Waals surface area contributed by atoms with Crippen LogP contribution in [0.3, 0.4) is 0 Å². The van der Waals surface area contributed by atoms with E-state index in [1.165, 1.54) is 22.0 Å². The van der Waals surface area contributed by atoms with Crippen molar-refractivity contribution in [2.45, 2.75) is 17.2 Å². The molecule has 0 amide bonds. The lowest BCUT2D eigenvalue weighted by molar-refractivity contribution is 0.0442. The van der Waals surface area contributed by atoms with Gasteiger partial charge in [0.1, 0.15) is 11.9 Å². The number of hydrogen-bond acceptors (Lipinski definition) is 6. The molecule has 10 heteroatoms. The molecule has 3 unspecified atom stereocenters. The van der Waals surface area contributed by atoms with Gasteiger partial charge in [0.25, 0.3) is 0 Å². The van der Waals surface area contributed by atoms with Gasteiger partial charge in [0.15, 0.2) is 5.25 Å². The van der Waals surface area contributed by atoms with E-state index in [2.05, 4.69) is 15.3 Å². The van der Waals surface area contributed by atoms with Gasteiger partial charge in [-0.2, -0.15) is 4.31 Å². The number of fused-ring (bicyclic) bond motifs is 1. The smallest absolute Gasteiger partial charge is 0.234 e. The fourth-order valence-electron chi connectivity index (χ4n) is 3.23. The van der Waals surface area contributed by atoms with E-state index in [0.29, 0.717) is 24.7 Å². The molecular formula is C15H16ClN5O2S2. The zero-order chi connectivity index (χ0) is 17.6. The maximum atomic E-state index is 12.9. The fraction of sp³-hybridized carbons (Fsp3) is 0.400. The number of guanidine groups is 1. The van der Waals surface area contributed by atoms with Crippen LogP contribution in [0.25, 0.3) is 10.4 Å². The van der Waals surface area contributed by atoms with E-state index < -0.39 is 16.9 Å². The molecule has 25 heavy (non-hydrogen) atoms. The van der Waals surface area contributed by atoms with Gasteiger partial charge in [-0.3, -0.25) is 5.41 Å². The number of halogens is 1. The first-order valence-electron chi connectivity index (χ1n) is 7.67. The molecule has 7 nitrogen and oxygen atoms in total. The van der Waals surface area contributed by atoms with Crippen molar-refractivity contribution in [2.24, 2.45) is 0 Å². The second-order valence-electron chi connectivity index (χ2n) is 5.95. The second-order valence-corrected chi connectivity index (χ2v) is 9.08. The first kappa shape index (κ1) is 17.0. The highest BCUT2D eigenvalue weighted by molar-refractivity contribution is 7.90. The van der Waals surface area contributed by atoms with Gasteiger partial charge in [0.05, 0.1) is 34.9 Å². The summed E-state index contributed by atoms with van der Waals surface area (Å²) in [5, 5.41) is 11.7. The summed E-state index contributed by atoms with van der Waals surface area (Å²) in [6.07, 6.45) is 5.56. The van der Waals surface area contributed by atoms with E-state index in [1.807, 2.05) is 6.07 Å². The molecule has 0 spiro atoms. The van der Waals surface area contributed by atoms with Gasteiger partial charge >= 0.3 is 0 Å². The summed E-state index contributed by atoms with van der Waals surface area (Å²) < 4.78 is 19.9. The van der Waals surface area contributed by atoms with Crippen molar-refractivity contribution < 1.29 is 9.29 Å². The molecule has 0 aromatic carbocycles. The summed E-state index contributed by atoms with van der Waals surface area (Å²) in [7, 11) is 1.65. The molecule has 0 saturated carbocycles. The molecule has 2 aromatic rings. The van der Waals surface area contributed by atoms with Gasteiger partial charge in [0, 0.05) is 35.9 Å². The number of thiophene rings is 1. The van der Waals surface area contributed by atoms with Crippen molar-refractivity contribution in [3.8, 4) is 10.4 Å². The van der Waals surface area contributed by atoms with Gasteiger partial charge < -0.3 is 14.6 Å². The number of hydrogen-bond donors (Lipinski definition) is 2. The largest absolute Gasteiger partial charge is 0.592 e. The highest BCUT2D eigenvalue weighted by Crippen LogP contribution is 2.47. The molecule has 2 aromatic heterocycles. The Balaban J connectivity index is 1.81. The van der Waals surface area contributed by atoms with Crippen LogP contribution in [-0.4, -0.2) is 50.3 Å². The highest BCUT2D eigenvalue weighted by Gasteiger charge is 2.57. The van der Waals surface area contributed by atoms with E-state index in [4.69, 9.17) is 21.7 Å². The maximum Gasteiger partial charge on any atom is 0.234 e. The molecule has 2 aliphatic heterocycles. The van der Waals surface area contributed by atoms with Crippen LogP contribution in [-0.2, 0) is 21.6 Å². The molecule has 132 valence electrons. The van der Waals surface area contributed by atoms with Crippen molar-refractivity contribution in [1.29, 1.82) is 5.41 Å². The van der Waals surface area contributed by atoms with Crippen LogP contribution in [0.5, 0.6) is 0 Å². The van der Waals surface area contributed by atoms with E-state index in [0.717, 1.165) is 15.3 Å². The second kappa shape index (κ2) is 6.40. The Bertz CT molecular complexity index is 804. The maximum absolute atomic E-state index is 12.9. The Labute approximate surface area is 157 Å². The molecule has 2 aliphatic rings. The number of ether oxygens (including phenoxy) is 1. The standard InChI is InChI=1S/C15H16ClN5O2S2/c1-21-14(17)20-15(2-3-23-7-12(15)25(21)22)13-10(16)4-11(24-13)9-5-18-8-19-6-9/h4-6,8,12H,2-3,7H2,1H3,(H2,17,20). The monoisotopic (exact) mass is 397 g/mol. The first-order chi connectivity index (χ1) is 12.0. The minimum absolute atomic E-state index is 0.130. The molecule has 2 saturated heterocycles. The summed E-state index contributed by atoms with van der Waals surface area (Å²) in [5.74, 6) is 0.130. The van der Waals surface area contributed by atoms with Crippen molar-refractivity contribution in [2.75, 3.05) is 20.3 Å². The van der Waals surface area contributed by atoms with Crippen LogP contribution in [0.4, 0.5) is 0 Å². The van der Waals surface area contributed by atoms with Gasteiger partial charge in [0.2, 0.25) is 5.96 Å². The molecule has 2 fully saturated rings. The van der Waals surface area contributed by atoms with Crippen molar-refractivity contribution in [1.82, 2.24) is 19.6 Å². The Hall–Kier alpha value is -1.39. The van der Waals surface area contributed by atoms with E-state index in [-0.39, 0.29) is 11.2 Å². The Morgan fingerprint density at radius 2 is 2.28 bits per heavy atom. The van der Waals surface area contributed by atoms with Crippen LogP contribution >= 0.6 is 22.9 Å². The molecule has 4 heterocycles. The number of nitrogens with one attached hydrogen (secondary N) is 2. The predicted molar refractivity (Wildman–Crippen MR) is 98.0 cm³/mol. The number of nitrogens with zero attached hydrogens (tertiary/aromatic N) is 3. The minimum atomic E-state index is -1.37. The van der Waals surface area contributed by atoms with Gasteiger partial charge in [-0.25, -0.2) is 9.97 Å². The third-order valence-corrected chi connectivity index (χ3v) is 8.09. The van der Waals surface area contributed by atoms with Crippen LogP contribution in [0.2, 0.25) is 5.02 Å². The molecule has 0 bridgehead atoms. The predicted octanol–water partition coefficient (Wildman–Crippen LogP) is 1.98. The lowest BCUT2D eigenvalue weighted by Crippen LogP contribution is -2.69. The molecule has 3 atom stereocenters. The molecular weight excluding hydrogens is 382 g/mol. The average molecular weight is 398 g/mol. The van der Waals surface area contributed by atoms with Gasteiger partial charge in [-0.05, 0) is 6.07 Å². The zero-order valence-corrected chi connectivity index (χ0v) is 15.7. The summed E-state index contributed by atoms with van der Waals surface area (Å²) in [5.41, 5.74) is 0.215. The highest BCUT2D eigenvalue weighted by atomic mass is 35.5. The quantitative estimate of drug-likeness (QED) is 0.752. The summed E-state index contributed by atoms with van der Waals surface area (Å²) in [6, 6.07) is 1.88. The third kappa shape index (κ3) is 2.70. The lowest BCUT2D eigenvalue weighted by atomic mass is 9.87. The number of rotatable bonds is 2. The SMILES string of the molecule is CN1C(=N)NC2(c3sc(-c4cncnc4)cc3Cl)CCOCC2[S+]1[O-]. The van der Waals surface area contributed by atoms with Crippen LogP contribution in [0.1, 0.15) is 11.3 Å². The molecule has 0 radical (unpaired) electrons. The van der Waals surface area contributed by atoms with E-state index in [1.54, 1.807) is 19.4 Å². The van der Waals surface area contributed by atoms with Crippen LogP contribution in [0.15, 0.2) is 24.8 Å². The zero-order valence-electron chi connectivity index (χ0n) is 13.4. The summed E-state index contributed by atoms with van der Waals surface area (Å²) in [4.78, 5) is 9.93. The lowest BCUT2D eigenvalue weighted by Gasteiger charge is -2.49. The number of aromatic nitrogens is 2. The van der Waals surface area contributed by atoms with Crippen molar-refractivity contribution in [3.05, 3.63) is 34.7 Å². The third-order valence-electron chi connectivity index (χ3n) is 4.57. The summed E-state index contributed by atoms with van der Waals surface area (Å²) in [6.45, 7) is 0.880. The average Bonchev–Trinajstić information content (AvgIpc) is 3.03. The fourth-order valence-corrected chi connectivity index (χ4v) is 6.47. The topological polar surface area (TPSA) is 97.2 Å². The first-order valence-corrected chi connectivity index (χ1v) is 10.0. The van der Waals surface area contributed by atoms with E-state index in [9.17, 15) is 4.55 Å². The Kier molecular flexibility index (Phi) is 4.37. The Morgan fingerprint density at radius 3 is 3.04 bits per heavy atom. The van der Waals surface area contributed by atoms with E-state index >= 15 is 0 Å². The minimum Gasteiger partial charge on any atom is -0.592 e. The van der Waals surface area contributed by atoms with Gasteiger partial charge in [-0.1, -0.05) is 11.6 Å². The van der Waals surface area contributed by atoms with Crippen molar-refractivity contribution in [3.63, 3.8) is 0 Å². The molecule has 4 rings (SSSR count). The van der Waals surface area contributed by atoms with Gasteiger partial charge in [-0.15, -0.1) is 11.3 Å². The molecule has 0 aliphatic carbocycles.